The average molecular weight is 443 g/mol. The average Bonchev–Trinajstić information content (AvgIpc) is 3.02. The van der Waals surface area contributed by atoms with Crippen LogP contribution >= 0.6 is 0 Å². The normalized spacial score (nSPS) is 15.3. The van der Waals surface area contributed by atoms with Gasteiger partial charge in [0.15, 0.2) is 0 Å². The van der Waals surface area contributed by atoms with Crippen LogP contribution < -0.4 is 10.6 Å². The van der Waals surface area contributed by atoms with Crippen molar-refractivity contribution < 1.29 is 18.7 Å². The van der Waals surface area contributed by atoms with Gasteiger partial charge in [-0.1, -0.05) is 12.1 Å². The molecule has 3 rings (SSSR count). The Labute approximate surface area is 188 Å². The third kappa shape index (κ3) is 5.18. The summed E-state index contributed by atoms with van der Waals surface area (Å²) >= 11 is 0. The first-order valence-electron chi connectivity index (χ1n) is 10.9. The minimum absolute atomic E-state index is 0.0591. The monoisotopic (exact) mass is 442 g/mol. The lowest BCUT2D eigenvalue weighted by atomic mass is 9.82. The Bertz CT molecular complexity index is 973. The van der Waals surface area contributed by atoms with E-state index >= 15 is 0 Å². The number of ether oxygens (including phenoxy) is 2. The van der Waals surface area contributed by atoms with Crippen molar-refractivity contribution in [3.63, 3.8) is 0 Å². The highest BCUT2D eigenvalue weighted by Gasteiger charge is 2.34. The Morgan fingerprint density at radius 1 is 1.28 bits per heavy atom. The van der Waals surface area contributed by atoms with E-state index in [0.717, 1.165) is 23.2 Å². The molecule has 0 atom stereocenters. The number of hydrogen-bond acceptors (Lipinski definition) is 5. The number of carbonyl (C=O) groups is 1. The van der Waals surface area contributed by atoms with E-state index < -0.39 is 5.54 Å². The Hall–Kier alpha value is -2.73. The van der Waals surface area contributed by atoms with Crippen molar-refractivity contribution in [2.24, 2.45) is 0 Å². The van der Waals surface area contributed by atoms with Gasteiger partial charge in [0, 0.05) is 44.7 Å². The van der Waals surface area contributed by atoms with Gasteiger partial charge in [-0.2, -0.15) is 5.26 Å². The highest BCUT2D eigenvalue weighted by molar-refractivity contribution is 5.93. The van der Waals surface area contributed by atoms with Crippen molar-refractivity contribution in [3.05, 3.63) is 52.5 Å². The van der Waals surface area contributed by atoms with Gasteiger partial charge in [0.05, 0.1) is 12.1 Å². The van der Waals surface area contributed by atoms with E-state index in [1.54, 1.807) is 19.2 Å². The van der Waals surface area contributed by atoms with E-state index in [9.17, 15) is 14.4 Å². The molecular weight excluding hydrogens is 411 g/mol. The summed E-state index contributed by atoms with van der Waals surface area (Å²) in [5.74, 6) is -0.00843. The maximum atomic E-state index is 13.4. The molecule has 8 heteroatoms. The van der Waals surface area contributed by atoms with Crippen LogP contribution in [0.2, 0.25) is 0 Å². The largest absolute Gasteiger partial charge is 0.385 e. The van der Waals surface area contributed by atoms with Crippen molar-refractivity contribution in [3.8, 4) is 6.07 Å². The molecule has 172 valence electrons. The van der Waals surface area contributed by atoms with Gasteiger partial charge >= 0.3 is 0 Å². The van der Waals surface area contributed by atoms with Gasteiger partial charge < -0.3 is 19.4 Å². The van der Waals surface area contributed by atoms with Crippen molar-refractivity contribution in [1.82, 2.24) is 9.88 Å². The number of nitriles is 1. The number of methoxy groups -OCH3 is 1. The minimum atomic E-state index is -0.465. The predicted molar refractivity (Wildman–Crippen MR) is 120 cm³/mol. The molecule has 1 fully saturated rings. The van der Waals surface area contributed by atoms with Gasteiger partial charge in [0.1, 0.15) is 17.7 Å². The van der Waals surface area contributed by atoms with E-state index in [-0.39, 0.29) is 18.3 Å². The molecule has 0 radical (unpaired) electrons. The van der Waals surface area contributed by atoms with Gasteiger partial charge in [-0.05, 0) is 56.4 Å². The first-order valence-corrected chi connectivity index (χ1v) is 10.9. The molecule has 0 saturated carbocycles. The minimum Gasteiger partial charge on any atom is -0.385 e. The van der Waals surface area contributed by atoms with Crippen LogP contribution in [0.15, 0.2) is 24.3 Å². The number of amides is 1. The first-order chi connectivity index (χ1) is 15.4. The summed E-state index contributed by atoms with van der Waals surface area (Å²) in [4.78, 5) is 12.9. The molecule has 0 aliphatic carbocycles. The van der Waals surface area contributed by atoms with Gasteiger partial charge in [0.25, 0.3) is 0 Å². The molecule has 0 spiro atoms. The van der Waals surface area contributed by atoms with Crippen LogP contribution in [0.3, 0.4) is 0 Å². The van der Waals surface area contributed by atoms with Crippen LogP contribution in [-0.4, -0.2) is 43.9 Å². The number of hydrogen-bond donors (Lipinski definition) is 2. The van der Waals surface area contributed by atoms with Gasteiger partial charge in [-0.15, -0.1) is 0 Å². The van der Waals surface area contributed by atoms with Crippen LogP contribution in [0.1, 0.15) is 41.6 Å². The Morgan fingerprint density at radius 2 is 1.97 bits per heavy atom. The summed E-state index contributed by atoms with van der Waals surface area (Å²) in [6.07, 6.45) is 2.13. The highest BCUT2D eigenvalue weighted by atomic mass is 19.1. The van der Waals surface area contributed by atoms with Crippen LogP contribution in [0.25, 0.3) is 0 Å². The predicted octanol–water partition coefficient (Wildman–Crippen LogP) is 3.39. The van der Waals surface area contributed by atoms with E-state index in [4.69, 9.17) is 9.47 Å². The number of benzene rings is 1. The van der Waals surface area contributed by atoms with Crippen molar-refractivity contribution >= 4 is 11.7 Å². The molecule has 2 N–H and O–H groups in total. The molecule has 1 aliphatic rings. The fourth-order valence-corrected chi connectivity index (χ4v) is 4.26. The summed E-state index contributed by atoms with van der Waals surface area (Å²) in [7, 11) is 1.65. The molecule has 32 heavy (non-hydrogen) atoms. The number of anilines is 1. The summed E-state index contributed by atoms with van der Waals surface area (Å²) in [6.45, 7) is 6.25. The summed E-state index contributed by atoms with van der Waals surface area (Å²) in [6, 6.07) is 8.61. The second kappa shape index (κ2) is 10.7. The zero-order chi connectivity index (χ0) is 23.1. The van der Waals surface area contributed by atoms with Gasteiger partial charge in [-0.3, -0.25) is 10.1 Å². The van der Waals surface area contributed by atoms with Crippen LogP contribution in [0, 0.1) is 31.0 Å². The second-order valence-electron chi connectivity index (χ2n) is 8.15. The molecular formula is C24H31FN4O3. The molecule has 1 aromatic carbocycles. The Balaban J connectivity index is 1.76. The second-order valence-corrected chi connectivity index (χ2v) is 8.15. The first kappa shape index (κ1) is 23.9. The maximum absolute atomic E-state index is 13.4. The summed E-state index contributed by atoms with van der Waals surface area (Å²) < 4.78 is 26.1. The fourth-order valence-electron chi connectivity index (χ4n) is 4.26. The molecule has 1 amide bonds. The summed E-state index contributed by atoms with van der Waals surface area (Å²) in [5, 5.41) is 16.0. The molecule has 1 aromatic heterocycles. The number of nitrogens with one attached hydrogen (secondary N) is 2. The lowest BCUT2D eigenvalue weighted by Crippen LogP contribution is -2.49. The van der Waals surface area contributed by atoms with Crippen LogP contribution in [-0.2, 0) is 26.4 Å². The number of halogens is 1. The molecule has 0 bridgehead atoms. The van der Waals surface area contributed by atoms with E-state index in [1.807, 2.05) is 18.4 Å². The molecule has 2 aromatic rings. The third-order valence-corrected chi connectivity index (χ3v) is 6.26. The molecule has 7 nitrogen and oxygen atoms in total. The molecule has 1 saturated heterocycles. The van der Waals surface area contributed by atoms with E-state index in [2.05, 4.69) is 16.7 Å². The number of aromatic nitrogens is 1. The van der Waals surface area contributed by atoms with Crippen LogP contribution in [0.4, 0.5) is 10.2 Å². The zero-order valence-electron chi connectivity index (χ0n) is 19.0. The molecule has 1 aliphatic heterocycles. The number of rotatable bonds is 9. The van der Waals surface area contributed by atoms with E-state index in [0.29, 0.717) is 50.6 Å². The number of carbonyl (C=O) groups excluding carboxylic acids is 1. The lowest BCUT2D eigenvalue weighted by molar-refractivity contribution is -0.116. The third-order valence-electron chi connectivity index (χ3n) is 6.26. The number of nitrogens with zero attached hydrogens (tertiary/aromatic N) is 2. The van der Waals surface area contributed by atoms with Crippen molar-refractivity contribution in [2.75, 3.05) is 38.8 Å². The van der Waals surface area contributed by atoms with Crippen molar-refractivity contribution in [2.45, 2.75) is 45.2 Å². The molecule has 0 unspecified atom stereocenters. The smallest absolute Gasteiger partial charge is 0.239 e. The molecule has 2 heterocycles. The summed E-state index contributed by atoms with van der Waals surface area (Å²) in [5.41, 5.74) is 2.76. The topological polar surface area (TPSA) is 88.3 Å². The SMILES string of the molecule is COCCCn1c(C)c(C)c(C#N)c1NC(=O)CNC1(c2ccc(F)cc2)CCOCC1. The maximum Gasteiger partial charge on any atom is 0.239 e. The van der Waals surface area contributed by atoms with E-state index in [1.165, 1.54) is 12.1 Å². The van der Waals surface area contributed by atoms with Gasteiger partial charge in [-0.25, -0.2) is 4.39 Å². The standard InChI is InChI=1S/C24H31FN4O3/c1-17-18(2)29(11-4-12-31-3)23(21(17)15-26)28-22(30)16-27-24(9-13-32-14-10-24)19-5-7-20(25)8-6-19/h5-8,27H,4,9-14,16H2,1-3H3,(H,28,30). The van der Waals surface area contributed by atoms with Crippen molar-refractivity contribution in [1.29, 1.82) is 5.26 Å². The zero-order valence-corrected chi connectivity index (χ0v) is 19.0. The highest BCUT2D eigenvalue weighted by Crippen LogP contribution is 2.32. The van der Waals surface area contributed by atoms with Crippen LogP contribution in [0.5, 0.6) is 0 Å². The lowest BCUT2D eigenvalue weighted by Gasteiger charge is -2.38. The Morgan fingerprint density at radius 3 is 2.59 bits per heavy atom. The quantitative estimate of drug-likeness (QED) is 0.581. The van der Waals surface area contributed by atoms with Gasteiger partial charge in [0.2, 0.25) is 5.91 Å². The Kier molecular flexibility index (Phi) is 8.02. The fraction of sp³-hybridized carbons (Fsp3) is 0.500.